The van der Waals surface area contributed by atoms with Crippen molar-refractivity contribution in [3.63, 3.8) is 0 Å². The monoisotopic (exact) mass is 256 g/mol. The summed E-state index contributed by atoms with van der Waals surface area (Å²) in [6.45, 7) is 0.540. The number of anilines is 1. The fourth-order valence-electron chi connectivity index (χ4n) is 1.88. The summed E-state index contributed by atoms with van der Waals surface area (Å²) in [6.07, 6.45) is 1.82. The zero-order valence-electron chi connectivity index (χ0n) is 9.67. The minimum atomic E-state index is 0.540. The predicted octanol–water partition coefficient (Wildman–Crippen LogP) is 3.46. The molecular weight excluding hydrogens is 244 g/mol. The van der Waals surface area contributed by atoms with E-state index in [0.29, 0.717) is 6.61 Å². The molecule has 0 saturated heterocycles. The summed E-state index contributed by atoms with van der Waals surface area (Å²) in [6, 6.07) is 11.8. The molecule has 3 nitrogen and oxygen atoms in total. The Morgan fingerprint density at radius 3 is 2.72 bits per heavy atom. The van der Waals surface area contributed by atoms with Crippen LogP contribution >= 0.6 is 11.3 Å². The number of thiazole rings is 1. The molecule has 3 rings (SSSR count). The van der Waals surface area contributed by atoms with E-state index in [-0.39, 0.29) is 0 Å². The molecule has 0 spiro atoms. The molecule has 1 heterocycles. The van der Waals surface area contributed by atoms with Crippen molar-refractivity contribution in [2.75, 3.05) is 5.73 Å². The van der Waals surface area contributed by atoms with Crippen molar-refractivity contribution in [3.8, 4) is 5.75 Å². The summed E-state index contributed by atoms with van der Waals surface area (Å²) in [5.41, 5.74) is 8.53. The Bertz CT molecular complexity index is 665. The predicted molar refractivity (Wildman–Crippen MR) is 74.8 cm³/mol. The van der Waals surface area contributed by atoms with E-state index in [1.54, 1.807) is 16.8 Å². The number of hydrogen-bond donors (Lipinski definition) is 1. The molecule has 2 N–H and O–H groups in total. The van der Waals surface area contributed by atoms with Crippen molar-refractivity contribution >= 4 is 27.8 Å². The number of benzene rings is 2. The van der Waals surface area contributed by atoms with E-state index in [0.717, 1.165) is 27.1 Å². The Morgan fingerprint density at radius 1 is 1.11 bits per heavy atom. The minimum absolute atomic E-state index is 0.540. The highest BCUT2D eigenvalue weighted by atomic mass is 32.1. The first-order chi connectivity index (χ1) is 8.84. The summed E-state index contributed by atoms with van der Waals surface area (Å²) in [5, 5.41) is 2.07. The highest BCUT2D eigenvalue weighted by Crippen LogP contribution is 2.30. The molecule has 0 aliphatic heterocycles. The molecule has 0 radical (unpaired) electrons. The molecule has 0 fully saturated rings. The zero-order valence-corrected chi connectivity index (χ0v) is 10.5. The third kappa shape index (κ3) is 2.02. The van der Waals surface area contributed by atoms with Gasteiger partial charge in [0.05, 0.1) is 10.4 Å². The number of ether oxygens (including phenoxy) is 1. The molecule has 2 aromatic carbocycles. The lowest BCUT2D eigenvalue weighted by Gasteiger charge is -2.09. The van der Waals surface area contributed by atoms with Crippen LogP contribution in [-0.4, -0.2) is 4.98 Å². The zero-order chi connectivity index (χ0) is 12.4. The van der Waals surface area contributed by atoms with Crippen LogP contribution < -0.4 is 10.5 Å². The lowest BCUT2D eigenvalue weighted by molar-refractivity contribution is 0.313. The van der Waals surface area contributed by atoms with Gasteiger partial charge in [-0.15, -0.1) is 11.3 Å². The number of nitrogen functional groups attached to an aromatic ring is 1. The van der Waals surface area contributed by atoms with Gasteiger partial charge in [-0.2, -0.15) is 0 Å². The minimum Gasteiger partial charge on any atom is -0.487 e. The van der Waals surface area contributed by atoms with Crippen molar-refractivity contribution in [1.82, 2.24) is 4.98 Å². The third-order valence-corrected chi connectivity index (χ3v) is 3.52. The lowest BCUT2D eigenvalue weighted by Crippen LogP contribution is -1.95. The molecule has 0 aliphatic carbocycles. The van der Waals surface area contributed by atoms with Crippen molar-refractivity contribution in [2.45, 2.75) is 6.61 Å². The maximum atomic E-state index is 5.95. The average Bonchev–Trinajstić information content (AvgIpc) is 2.92. The maximum Gasteiger partial charge on any atom is 0.127 e. The Balaban J connectivity index is 1.94. The second kappa shape index (κ2) is 4.66. The molecule has 4 heteroatoms. The van der Waals surface area contributed by atoms with Crippen molar-refractivity contribution in [2.24, 2.45) is 0 Å². The molecule has 0 saturated carbocycles. The van der Waals surface area contributed by atoms with Crippen LogP contribution in [0.25, 0.3) is 10.8 Å². The Morgan fingerprint density at radius 2 is 1.94 bits per heavy atom. The number of aromatic nitrogens is 1. The van der Waals surface area contributed by atoms with E-state index in [4.69, 9.17) is 10.5 Å². The summed E-state index contributed by atoms with van der Waals surface area (Å²) in [7, 11) is 0. The molecule has 0 amide bonds. The largest absolute Gasteiger partial charge is 0.487 e. The SMILES string of the molecule is Nc1ccc(OCc2cncs2)c2ccccc12. The molecule has 0 atom stereocenters. The van der Waals surface area contributed by atoms with Crippen LogP contribution in [0.5, 0.6) is 5.75 Å². The molecular formula is C14H12N2OS. The van der Waals surface area contributed by atoms with Gasteiger partial charge in [0.1, 0.15) is 12.4 Å². The molecule has 18 heavy (non-hydrogen) atoms. The Labute approximate surface area is 109 Å². The normalized spacial score (nSPS) is 10.7. The Kier molecular flexibility index (Phi) is 2.86. The van der Waals surface area contributed by atoms with E-state index < -0.39 is 0 Å². The second-order valence-electron chi connectivity index (χ2n) is 3.95. The quantitative estimate of drug-likeness (QED) is 0.730. The molecule has 0 unspecified atom stereocenters. The molecule has 0 bridgehead atoms. The van der Waals surface area contributed by atoms with Crippen LogP contribution in [0.1, 0.15) is 4.88 Å². The number of fused-ring (bicyclic) bond motifs is 1. The summed E-state index contributed by atoms with van der Waals surface area (Å²) in [5.74, 6) is 0.855. The molecule has 90 valence electrons. The van der Waals surface area contributed by atoms with Gasteiger partial charge in [0.15, 0.2) is 0 Å². The Hall–Kier alpha value is -2.07. The van der Waals surface area contributed by atoms with Crippen molar-refractivity contribution in [1.29, 1.82) is 0 Å². The van der Waals surface area contributed by atoms with Crippen LogP contribution in [0, 0.1) is 0 Å². The van der Waals surface area contributed by atoms with Crippen LogP contribution in [0.3, 0.4) is 0 Å². The second-order valence-corrected chi connectivity index (χ2v) is 4.93. The smallest absolute Gasteiger partial charge is 0.127 e. The van der Waals surface area contributed by atoms with Gasteiger partial charge in [-0.3, -0.25) is 4.98 Å². The van der Waals surface area contributed by atoms with Crippen LogP contribution in [-0.2, 0) is 6.61 Å². The van der Waals surface area contributed by atoms with Crippen LogP contribution in [0.2, 0.25) is 0 Å². The van der Waals surface area contributed by atoms with E-state index in [1.807, 2.05) is 42.6 Å². The first-order valence-electron chi connectivity index (χ1n) is 5.62. The van der Waals surface area contributed by atoms with Gasteiger partial charge in [-0.1, -0.05) is 24.3 Å². The third-order valence-electron chi connectivity index (χ3n) is 2.77. The van der Waals surface area contributed by atoms with Crippen LogP contribution in [0.15, 0.2) is 48.1 Å². The number of nitrogens with zero attached hydrogens (tertiary/aromatic N) is 1. The van der Waals surface area contributed by atoms with Crippen molar-refractivity contribution < 1.29 is 4.74 Å². The fourth-order valence-corrected chi connectivity index (χ4v) is 2.39. The van der Waals surface area contributed by atoms with Gasteiger partial charge in [0, 0.05) is 22.7 Å². The van der Waals surface area contributed by atoms with E-state index in [1.165, 1.54) is 0 Å². The average molecular weight is 256 g/mol. The van der Waals surface area contributed by atoms with E-state index in [9.17, 15) is 0 Å². The van der Waals surface area contributed by atoms with Gasteiger partial charge in [0.25, 0.3) is 0 Å². The maximum absolute atomic E-state index is 5.95. The van der Waals surface area contributed by atoms with E-state index >= 15 is 0 Å². The highest BCUT2D eigenvalue weighted by molar-refractivity contribution is 7.09. The lowest BCUT2D eigenvalue weighted by atomic mass is 10.1. The molecule has 3 aromatic rings. The summed E-state index contributed by atoms with van der Waals surface area (Å²) >= 11 is 1.59. The summed E-state index contributed by atoms with van der Waals surface area (Å²) in [4.78, 5) is 5.14. The number of hydrogen-bond acceptors (Lipinski definition) is 4. The van der Waals surface area contributed by atoms with E-state index in [2.05, 4.69) is 4.98 Å². The van der Waals surface area contributed by atoms with Gasteiger partial charge >= 0.3 is 0 Å². The number of rotatable bonds is 3. The van der Waals surface area contributed by atoms with Gasteiger partial charge in [-0.25, -0.2) is 0 Å². The fraction of sp³-hybridized carbons (Fsp3) is 0.0714. The number of nitrogens with two attached hydrogens (primary N) is 1. The molecule has 0 aliphatic rings. The van der Waals surface area contributed by atoms with Gasteiger partial charge < -0.3 is 10.5 Å². The van der Waals surface area contributed by atoms with Crippen LogP contribution in [0.4, 0.5) is 5.69 Å². The molecule has 1 aromatic heterocycles. The standard InChI is InChI=1S/C14H12N2OS/c15-13-5-6-14(12-4-2-1-3-11(12)13)17-8-10-7-16-9-18-10/h1-7,9H,8,15H2. The first-order valence-corrected chi connectivity index (χ1v) is 6.50. The van der Waals surface area contributed by atoms with Crippen molar-refractivity contribution in [3.05, 3.63) is 53.0 Å². The summed E-state index contributed by atoms with van der Waals surface area (Å²) < 4.78 is 5.83. The highest BCUT2D eigenvalue weighted by Gasteiger charge is 2.05. The topological polar surface area (TPSA) is 48.1 Å². The van der Waals surface area contributed by atoms with Gasteiger partial charge in [-0.05, 0) is 12.1 Å². The first kappa shape index (κ1) is 11.0. The van der Waals surface area contributed by atoms with Gasteiger partial charge in [0.2, 0.25) is 0 Å².